The van der Waals surface area contributed by atoms with Gasteiger partial charge in [-0.05, 0) is 46.6 Å². The van der Waals surface area contributed by atoms with Crippen molar-refractivity contribution >= 4 is 29.3 Å². The number of allylic oxidation sites excluding steroid dienone is 2. The van der Waals surface area contributed by atoms with Gasteiger partial charge in [0.1, 0.15) is 11.7 Å². The van der Waals surface area contributed by atoms with Crippen molar-refractivity contribution < 1.29 is 29.0 Å². The molecule has 6 nitrogen and oxygen atoms in total. The molecule has 0 bridgehead atoms. The molecule has 162 valence electrons. The molecule has 5 atom stereocenters. The van der Waals surface area contributed by atoms with E-state index in [-0.39, 0.29) is 6.42 Å². The lowest BCUT2D eigenvalue weighted by atomic mass is 9.72. The Kier molecular flexibility index (Phi) is 8.84. The molecule has 0 aromatic heterocycles. The van der Waals surface area contributed by atoms with Crippen molar-refractivity contribution in [2.75, 3.05) is 0 Å². The summed E-state index contributed by atoms with van der Waals surface area (Å²) < 4.78 is 10.9. The van der Waals surface area contributed by atoms with E-state index in [2.05, 4.69) is 6.58 Å². The molecule has 0 saturated heterocycles. The summed E-state index contributed by atoms with van der Waals surface area (Å²) in [6.07, 6.45) is 2.04. The summed E-state index contributed by atoms with van der Waals surface area (Å²) in [6.45, 7) is 13.7. The lowest BCUT2D eigenvalue weighted by Crippen LogP contribution is -2.58. The van der Waals surface area contributed by atoms with Crippen LogP contribution in [0.3, 0.4) is 0 Å². The van der Waals surface area contributed by atoms with Crippen LogP contribution in [0.2, 0.25) is 0 Å². The zero-order valence-electron chi connectivity index (χ0n) is 18.0. The van der Waals surface area contributed by atoms with Crippen molar-refractivity contribution in [2.45, 2.75) is 77.6 Å². The molecule has 0 spiro atoms. The number of ether oxygens (including phenoxy) is 2. The molecule has 0 radical (unpaired) electrons. The van der Waals surface area contributed by atoms with Crippen LogP contribution in [0.5, 0.6) is 0 Å². The van der Waals surface area contributed by atoms with Crippen LogP contribution in [0.1, 0.15) is 54.4 Å². The van der Waals surface area contributed by atoms with Gasteiger partial charge in [-0.3, -0.25) is 9.59 Å². The normalized spacial score (nSPS) is 28.3. The highest BCUT2D eigenvalue weighted by Gasteiger charge is 2.53. The molecule has 1 unspecified atom stereocenters. The smallest absolute Gasteiger partial charge is 0.333 e. The highest BCUT2D eigenvalue weighted by atomic mass is 35.5. The van der Waals surface area contributed by atoms with Gasteiger partial charge in [0.05, 0.1) is 5.38 Å². The lowest BCUT2D eigenvalue weighted by molar-refractivity contribution is -0.168. The molecule has 0 heterocycles. The van der Waals surface area contributed by atoms with E-state index >= 15 is 0 Å². The Hall–Kier alpha value is -1.92. The second-order valence-corrected chi connectivity index (χ2v) is 8.34. The van der Waals surface area contributed by atoms with Crippen LogP contribution in [-0.4, -0.2) is 46.0 Å². The zero-order valence-corrected chi connectivity index (χ0v) is 18.7. The Morgan fingerprint density at radius 2 is 1.93 bits per heavy atom. The van der Waals surface area contributed by atoms with Crippen LogP contribution in [0.15, 0.2) is 35.5 Å². The molecule has 1 fully saturated rings. The van der Waals surface area contributed by atoms with Gasteiger partial charge in [0.25, 0.3) is 0 Å². The molecular weight excluding hydrogens is 396 g/mol. The minimum atomic E-state index is -1.84. The van der Waals surface area contributed by atoms with Crippen LogP contribution < -0.4 is 0 Å². The molecular formula is C22H31ClO6. The quantitative estimate of drug-likeness (QED) is 0.289. The molecule has 0 aromatic carbocycles. The van der Waals surface area contributed by atoms with Crippen LogP contribution in [0.25, 0.3) is 0 Å². The summed E-state index contributed by atoms with van der Waals surface area (Å²) in [5.41, 5.74) is 0.0393. The number of hydrogen-bond donors (Lipinski definition) is 1. The van der Waals surface area contributed by atoms with Crippen molar-refractivity contribution in [1.29, 1.82) is 0 Å². The monoisotopic (exact) mass is 426 g/mol. The number of carbonyl (C=O) groups excluding carboxylic acids is 3. The average molecular weight is 427 g/mol. The number of esters is 2. The standard InChI is InChI=1S/C22H31ClO6/c1-8-13(4)21(26)29-17(10-9-12(2)3)14(5)16-11-18(23)22(7,27)20(25)19(16)28-15(6)24/h8-9,16-19,27H,5,10-11H2,1-4,6-7H3/b13-8-/t16-,17?,18-,19-,22-/m0/s1. The van der Waals surface area contributed by atoms with Gasteiger partial charge >= 0.3 is 11.9 Å². The molecule has 0 aromatic rings. The van der Waals surface area contributed by atoms with E-state index in [0.717, 1.165) is 5.57 Å². The summed E-state index contributed by atoms with van der Waals surface area (Å²) >= 11 is 6.27. The van der Waals surface area contributed by atoms with E-state index in [1.165, 1.54) is 13.8 Å². The van der Waals surface area contributed by atoms with Crippen LogP contribution in [-0.2, 0) is 23.9 Å². The van der Waals surface area contributed by atoms with Gasteiger partial charge in [-0.25, -0.2) is 4.79 Å². The topological polar surface area (TPSA) is 89.9 Å². The van der Waals surface area contributed by atoms with E-state index in [1.807, 2.05) is 19.9 Å². The number of Topliss-reactive ketones (excluding diaryl/α,β-unsaturated/α-hetero) is 1. The lowest BCUT2D eigenvalue weighted by Gasteiger charge is -2.42. The summed E-state index contributed by atoms with van der Waals surface area (Å²) in [5, 5.41) is 9.55. The van der Waals surface area contributed by atoms with E-state index in [4.69, 9.17) is 21.1 Å². The Balaban J connectivity index is 3.27. The van der Waals surface area contributed by atoms with E-state index in [1.54, 1.807) is 19.9 Å². The Morgan fingerprint density at radius 1 is 1.34 bits per heavy atom. The van der Waals surface area contributed by atoms with Crippen molar-refractivity contribution in [2.24, 2.45) is 5.92 Å². The molecule has 1 aliphatic carbocycles. The van der Waals surface area contributed by atoms with Crippen LogP contribution in [0, 0.1) is 5.92 Å². The molecule has 1 saturated carbocycles. The van der Waals surface area contributed by atoms with Gasteiger partial charge in [-0.2, -0.15) is 0 Å². The first-order valence-corrected chi connectivity index (χ1v) is 10.00. The van der Waals surface area contributed by atoms with Crippen LogP contribution >= 0.6 is 11.6 Å². The molecule has 0 amide bonds. The summed E-state index contributed by atoms with van der Waals surface area (Å²) in [5.74, 6) is -2.54. The minimum absolute atomic E-state index is 0.141. The summed E-state index contributed by atoms with van der Waals surface area (Å²) in [6, 6.07) is 0. The fourth-order valence-electron chi connectivity index (χ4n) is 3.06. The van der Waals surface area contributed by atoms with Crippen molar-refractivity contribution in [3.63, 3.8) is 0 Å². The van der Waals surface area contributed by atoms with E-state index in [9.17, 15) is 19.5 Å². The molecule has 1 rings (SSSR count). The molecule has 1 N–H and O–H groups in total. The number of carbonyl (C=O) groups is 3. The highest BCUT2D eigenvalue weighted by molar-refractivity contribution is 6.24. The predicted octanol–water partition coefficient (Wildman–Crippen LogP) is 3.66. The van der Waals surface area contributed by atoms with Crippen LogP contribution in [0.4, 0.5) is 0 Å². The molecule has 29 heavy (non-hydrogen) atoms. The second-order valence-electron chi connectivity index (χ2n) is 7.81. The van der Waals surface area contributed by atoms with Gasteiger partial charge < -0.3 is 14.6 Å². The number of ketones is 1. The minimum Gasteiger partial charge on any atom is -0.454 e. The Morgan fingerprint density at radius 3 is 2.41 bits per heavy atom. The highest BCUT2D eigenvalue weighted by Crippen LogP contribution is 2.40. The zero-order chi connectivity index (χ0) is 22.5. The third-order valence-electron chi connectivity index (χ3n) is 5.12. The Bertz CT molecular complexity index is 730. The molecule has 1 aliphatic rings. The number of aliphatic hydroxyl groups is 1. The largest absolute Gasteiger partial charge is 0.454 e. The number of rotatable bonds is 7. The third kappa shape index (κ3) is 6.28. The van der Waals surface area contributed by atoms with E-state index in [0.29, 0.717) is 17.6 Å². The Labute approximate surface area is 177 Å². The van der Waals surface area contributed by atoms with Gasteiger partial charge in [-0.1, -0.05) is 24.3 Å². The van der Waals surface area contributed by atoms with Crippen molar-refractivity contribution in [1.82, 2.24) is 0 Å². The predicted molar refractivity (Wildman–Crippen MR) is 111 cm³/mol. The van der Waals surface area contributed by atoms with Gasteiger partial charge in [0.2, 0.25) is 5.78 Å². The number of alkyl halides is 1. The SMILES string of the molecule is C=C(C(CC=C(C)C)OC(=O)/C(C)=C\C)[C@@H]1C[C@H](Cl)[C@](C)(O)C(=O)[C@H]1OC(C)=O. The maximum absolute atomic E-state index is 12.8. The second kappa shape index (κ2) is 10.2. The third-order valence-corrected chi connectivity index (χ3v) is 5.72. The fourth-order valence-corrected chi connectivity index (χ4v) is 3.36. The fraction of sp³-hybridized carbons (Fsp3) is 0.591. The number of halogens is 1. The maximum atomic E-state index is 12.8. The first-order valence-electron chi connectivity index (χ1n) is 9.56. The van der Waals surface area contributed by atoms with Gasteiger partial charge in [-0.15, -0.1) is 11.6 Å². The van der Waals surface area contributed by atoms with Crippen molar-refractivity contribution in [3.05, 3.63) is 35.5 Å². The summed E-state index contributed by atoms with van der Waals surface area (Å²) in [7, 11) is 0. The molecule has 0 aliphatic heterocycles. The number of hydrogen-bond acceptors (Lipinski definition) is 6. The van der Waals surface area contributed by atoms with E-state index < -0.39 is 46.8 Å². The first-order chi connectivity index (χ1) is 13.3. The maximum Gasteiger partial charge on any atom is 0.333 e. The summed E-state index contributed by atoms with van der Waals surface area (Å²) in [4.78, 5) is 36.7. The average Bonchev–Trinajstić information content (AvgIpc) is 2.63. The first kappa shape index (κ1) is 25.1. The van der Waals surface area contributed by atoms with Gasteiger partial charge in [0.15, 0.2) is 6.10 Å². The van der Waals surface area contributed by atoms with Crippen molar-refractivity contribution in [3.8, 4) is 0 Å². The molecule has 7 heteroatoms. The van der Waals surface area contributed by atoms with Gasteiger partial charge in [0, 0.05) is 24.8 Å².